The van der Waals surface area contributed by atoms with Crippen LogP contribution in [0.3, 0.4) is 0 Å². The Morgan fingerprint density at radius 1 is 1.13 bits per heavy atom. The fourth-order valence-electron chi connectivity index (χ4n) is 2.80. The molecular formula is C22H22N2O4S2. The second kappa shape index (κ2) is 8.73. The van der Waals surface area contributed by atoms with Crippen LogP contribution in [0.15, 0.2) is 59.0 Å². The van der Waals surface area contributed by atoms with Crippen LogP contribution in [0.1, 0.15) is 21.9 Å². The zero-order valence-corrected chi connectivity index (χ0v) is 18.2. The van der Waals surface area contributed by atoms with Gasteiger partial charge in [0.05, 0.1) is 11.1 Å². The molecule has 0 aliphatic carbocycles. The van der Waals surface area contributed by atoms with Crippen LogP contribution in [-0.2, 0) is 16.1 Å². The lowest BCUT2D eigenvalue weighted by Gasteiger charge is -2.10. The van der Waals surface area contributed by atoms with Crippen LogP contribution >= 0.6 is 12.2 Å². The van der Waals surface area contributed by atoms with Gasteiger partial charge in [0.2, 0.25) is 5.91 Å². The number of carbonyl (C=O) groups is 1. The molecule has 0 radical (unpaired) electrons. The van der Waals surface area contributed by atoms with Crippen molar-refractivity contribution in [3.05, 3.63) is 76.2 Å². The first kappa shape index (κ1) is 21.6. The summed E-state index contributed by atoms with van der Waals surface area (Å²) >= 11 is 5.17. The SMILES string of the molecule is CS(C)(=O)=Cc1cc(=S)c(O)c(CNc2ccc(-c3ccc(C(N)=O)cc3)cc2)o1. The number of primary amides is 1. The Balaban J connectivity index is 1.76. The number of anilines is 1. The standard InChI is InChI=1S/C22H22N2O4S2/c1-30(2,27)13-18-11-20(29)21(25)19(28-18)12-24-17-9-7-15(8-10-17)14-3-5-16(6-4-14)22(23)26/h3-11,13,24-25H,12H2,1-2H3,(H2,23,26). The maximum Gasteiger partial charge on any atom is 0.248 e. The van der Waals surface area contributed by atoms with Gasteiger partial charge in [-0.3, -0.25) is 9.00 Å². The van der Waals surface area contributed by atoms with Crippen molar-refractivity contribution in [3.8, 4) is 16.9 Å². The minimum atomic E-state index is -2.17. The summed E-state index contributed by atoms with van der Waals surface area (Å²) in [4.78, 5) is 11.2. The predicted octanol–water partition coefficient (Wildman–Crippen LogP) is 3.79. The lowest BCUT2D eigenvalue weighted by Crippen LogP contribution is -2.10. The molecule has 8 heteroatoms. The highest BCUT2D eigenvalue weighted by Gasteiger charge is 2.09. The zero-order chi connectivity index (χ0) is 21.9. The van der Waals surface area contributed by atoms with Crippen molar-refractivity contribution >= 4 is 38.7 Å². The largest absolute Gasteiger partial charge is 0.503 e. The smallest absolute Gasteiger partial charge is 0.248 e. The number of benzene rings is 2. The van der Waals surface area contributed by atoms with E-state index >= 15 is 0 Å². The Morgan fingerprint density at radius 3 is 2.23 bits per heavy atom. The van der Waals surface area contributed by atoms with E-state index in [1.54, 1.807) is 24.6 Å². The topological polar surface area (TPSA) is 106 Å². The molecule has 0 atom stereocenters. The third-order valence-electron chi connectivity index (χ3n) is 4.25. The molecule has 0 unspecified atom stereocenters. The third-order valence-corrected chi connectivity index (χ3v) is 5.36. The van der Waals surface area contributed by atoms with Crippen LogP contribution in [0.25, 0.3) is 11.1 Å². The number of nitrogens with two attached hydrogens (primary N) is 1. The Labute approximate surface area is 180 Å². The Morgan fingerprint density at radius 2 is 1.70 bits per heavy atom. The minimum Gasteiger partial charge on any atom is -0.503 e. The normalized spacial score (nSPS) is 11.1. The highest BCUT2D eigenvalue weighted by molar-refractivity contribution is 8.00. The average molecular weight is 443 g/mol. The van der Waals surface area contributed by atoms with Crippen molar-refractivity contribution in [3.63, 3.8) is 0 Å². The zero-order valence-electron chi connectivity index (χ0n) is 16.5. The van der Waals surface area contributed by atoms with Crippen molar-refractivity contribution in [1.29, 1.82) is 0 Å². The van der Waals surface area contributed by atoms with Crippen molar-refractivity contribution in [2.45, 2.75) is 6.54 Å². The Kier molecular flexibility index (Phi) is 6.28. The minimum absolute atomic E-state index is 0.112. The third kappa shape index (κ3) is 5.49. The fraction of sp³-hybridized carbons (Fsp3) is 0.136. The number of rotatable bonds is 6. The number of carbonyl (C=O) groups excluding carboxylic acids is 1. The quantitative estimate of drug-likeness (QED) is 0.502. The predicted molar refractivity (Wildman–Crippen MR) is 124 cm³/mol. The molecule has 3 aromatic rings. The summed E-state index contributed by atoms with van der Waals surface area (Å²) in [5, 5.41) is 14.9. The number of aromatic hydroxyl groups is 1. The monoisotopic (exact) mass is 442 g/mol. The first-order valence-corrected chi connectivity index (χ1v) is 11.9. The summed E-state index contributed by atoms with van der Waals surface area (Å²) in [6.07, 6.45) is 3.19. The Bertz CT molecular complexity index is 1250. The van der Waals surface area contributed by atoms with Crippen molar-refractivity contribution in [2.24, 2.45) is 5.73 Å². The van der Waals surface area contributed by atoms with Crippen molar-refractivity contribution < 1.29 is 18.5 Å². The first-order chi connectivity index (χ1) is 14.1. The molecule has 1 aromatic heterocycles. The molecule has 4 N–H and O–H groups in total. The van der Waals surface area contributed by atoms with Crippen LogP contribution in [0.4, 0.5) is 5.69 Å². The summed E-state index contributed by atoms with van der Waals surface area (Å²) in [6.45, 7) is 0.207. The van der Waals surface area contributed by atoms with E-state index in [-0.39, 0.29) is 22.6 Å². The molecule has 0 fully saturated rings. The molecular weight excluding hydrogens is 420 g/mol. The van der Waals surface area contributed by atoms with Gasteiger partial charge in [0.25, 0.3) is 0 Å². The maximum absolute atomic E-state index is 12.0. The molecule has 2 aromatic carbocycles. The van der Waals surface area contributed by atoms with Gasteiger partial charge in [0, 0.05) is 35.2 Å². The highest BCUT2D eigenvalue weighted by atomic mass is 32.2. The van der Waals surface area contributed by atoms with Gasteiger partial charge in [-0.05, 0) is 44.9 Å². The summed E-state index contributed by atoms with van der Waals surface area (Å²) in [5.41, 5.74) is 8.49. The van der Waals surface area contributed by atoms with Gasteiger partial charge < -0.3 is 20.6 Å². The van der Waals surface area contributed by atoms with Gasteiger partial charge >= 0.3 is 0 Å². The first-order valence-electron chi connectivity index (χ1n) is 9.01. The van der Waals surface area contributed by atoms with Crippen LogP contribution in [0.5, 0.6) is 5.75 Å². The highest BCUT2D eigenvalue weighted by Crippen LogP contribution is 2.24. The van der Waals surface area contributed by atoms with Crippen LogP contribution in [-0.4, -0.2) is 33.1 Å². The number of hydrogen-bond donors (Lipinski definition) is 3. The van der Waals surface area contributed by atoms with E-state index in [1.807, 2.05) is 36.4 Å². The molecule has 0 saturated carbocycles. The van der Waals surface area contributed by atoms with Gasteiger partial charge in [-0.1, -0.05) is 36.5 Å². The lowest BCUT2D eigenvalue weighted by atomic mass is 10.0. The number of hydrogen-bond acceptors (Lipinski definition) is 6. The molecule has 0 bridgehead atoms. The molecule has 156 valence electrons. The summed E-state index contributed by atoms with van der Waals surface area (Å²) in [7, 11) is -2.17. The second-order valence-corrected chi connectivity index (χ2v) is 10.4. The van der Waals surface area contributed by atoms with Gasteiger partial charge in [-0.15, -0.1) is 0 Å². The van der Waals surface area contributed by atoms with Gasteiger partial charge in [-0.25, -0.2) is 0 Å². The van der Waals surface area contributed by atoms with E-state index in [0.717, 1.165) is 16.8 Å². The van der Waals surface area contributed by atoms with Crippen LogP contribution in [0, 0.1) is 4.51 Å². The van der Waals surface area contributed by atoms with E-state index in [4.69, 9.17) is 22.4 Å². The molecule has 1 heterocycles. The van der Waals surface area contributed by atoms with E-state index < -0.39 is 15.4 Å². The second-order valence-electron chi connectivity index (χ2n) is 7.08. The van der Waals surface area contributed by atoms with E-state index in [2.05, 4.69) is 5.32 Å². The lowest BCUT2D eigenvalue weighted by molar-refractivity contribution is 0.100. The average Bonchev–Trinajstić information content (AvgIpc) is 2.69. The molecule has 0 aliphatic rings. The maximum atomic E-state index is 12.0. The Hall–Kier alpha value is -3.10. The van der Waals surface area contributed by atoms with Gasteiger partial charge in [0.15, 0.2) is 11.5 Å². The van der Waals surface area contributed by atoms with E-state index in [1.165, 1.54) is 11.4 Å². The molecule has 6 nitrogen and oxygen atoms in total. The molecule has 0 spiro atoms. The van der Waals surface area contributed by atoms with E-state index in [9.17, 15) is 14.1 Å². The summed E-state index contributed by atoms with van der Waals surface area (Å²) in [5.74, 6) is 0.0567. The van der Waals surface area contributed by atoms with Crippen LogP contribution in [0.2, 0.25) is 0 Å². The molecule has 0 aliphatic heterocycles. The molecule has 30 heavy (non-hydrogen) atoms. The fourth-order valence-corrected chi connectivity index (χ4v) is 3.71. The van der Waals surface area contributed by atoms with Crippen molar-refractivity contribution in [2.75, 3.05) is 17.8 Å². The van der Waals surface area contributed by atoms with Crippen molar-refractivity contribution in [1.82, 2.24) is 0 Å². The molecule has 0 saturated heterocycles. The summed E-state index contributed by atoms with van der Waals surface area (Å²) in [6, 6.07) is 16.2. The molecule has 1 amide bonds. The number of amides is 1. The summed E-state index contributed by atoms with van der Waals surface area (Å²) < 4.78 is 17.9. The van der Waals surface area contributed by atoms with Crippen LogP contribution < -0.4 is 11.1 Å². The molecule has 3 rings (SSSR count). The van der Waals surface area contributed by atoms with E-state index in [0.29, 0.717) is 11.3 Å². The number of nitrogens with one attached hydrogen (secondary N) is 1. The van der Waals surface area contributed by atoms with Gasteiger partial charge in [0.1, 0.15) is 5.76 Å². The van der Waals surface area contributed by atoms with Gasteiger partial charge in [-0.2, -0.15) is 0 Å².